The van der Waals surface area contributed by atoms with Crippen LogP contribution in [0.4, 0.5) is 4.79 Å². The van der Waals surface area contributed by atoms with Gasteiger partial charge in [-0.15, -0.1) is 0 Å². The summed E-state index contributed by atoms with van der Waals surface area (Å²) in [5.41, 5.74) is 1.03. The number of carbonyl (C=O) groups excluding carboxylic acids is 1. The molecule has 2 atom stereocenters. The van der Waals surface area contributed by atoms with Crippen LogP contribution in [0.5, 0.6) is 0 Å². The maximum absolute atomic E-state index is 12.5. The Morgan fingerprint density at radius 1 is 1.43 bits per heavy atom. The van der Waals surface area contributed by atoms with Gasteiger partial charge < -0.3 is 15.3 Å². The minimum absolute atomic E-state index is 0.181. The van der Waals surface area contributed by atoms with Crippen molar-refractivity contribution in [2.24, 2.45) is 11.3 Å². The highest BCUT2D eigenvalue weighted by Crippen LogP contribution is 2.31. The number of amides is 2. The summed E-state index contributed by atoms with van der Waals surface area (Å²) in [6, 6.07) is 3.43. The van der Waals surface area contributed by atoms with Crippen LogP contribution in [0.1, 0.15) is 44.5 Å². The fourth-order valence-electron chi connectivity index (χ4n) is 2.91. The van der Waals surface area contributed by atoms with Crippen LogP contribution in [-0.4, -0.2) is 40.1 Å². The molecule has 2 N–H and O–H groups in total. The van der Waals surface area contributed by atoms with E-state index < -0.39 is 11.4 Å². The first-order valence-corrected chi connectivity index (χ1v) is 7.95. The van der Waals surface area contributed by atoms with Crippen molar-refractivity contribution in [3.8, 4) is 0 Å². The quantitative estimate of drug-likeness (QED) is 0.893. The molecule has 6 heteroatoms. The number of nitrogens with zero attached hydrogens (tertiary/aromatic N) is 2. The number of nitrogens with one attached hydrogen (secondary N) is 1. The molecule has 1 aromatic heterocycles. The zero-order chi connectivity index (χ0) is 17.2. The highest BCUT2D eigenvalue weighted by molar-refractivity contribution is 5.79. The van der Waals surface area contributed by atoms with E-state index in [1.165, 1.54) is 0 Å². The molecule has 1 fully saturated rings. The normalized spacial score (nSPS) is 22.2. The van der Waals surface area contributed by atoms with Gasteiger partial charge in [0.15, 0.2) is 0 Å². The standard InChI is InChI=1S/C17H25N3O3/c1-11(2)13(14-12(3)6-5-8-18-14)19-16(23)20-9-7-17(4,10-20)15(21)22/h5-6,8,11,13H,7,9-10H2,1-4H3,(H,19,23)(H,21,22). The van der Waals surface area contributed by atoms with Gasteiger partial charge in [0.1, 0.15) is 0 Å². The van der Waals surface area contributed by atoms with Crippen molar-refractivity contribution in [1.29, 1.82) is 0 Å². The molecule has 0 radical (unpaired) electrons. The molecule has 126 valence electrons. The number of carbonyl (C=O) groups is 2. The molecule has 23 heavy (non-hydrogen) atoms. The van der Waals surface area contributed by atoms with Crippen LogP contribution in [0, 0.1) is 18.3 Å². The van der Waals surface area contributed by atoms with Crippen LogP contribution in [0.2, 0.25) is 0 Å². The van der Waals surface area contributed by atoms with E-state index in [-0.39, 0.29) is 24.5 Å². The molecule has 0 aliphatic carbocycles. The SMILES string of the molecule is Cc1cccnc1C(NC(=O)N1CCC(C)(C(=O)O)C1)C(C)C. The first-order chi connectivity index (χ1) is 10.7. The summed E-state index contributed by atoms with van der Waals surface area (Å²) < 4.78 is 0. The zero-order valence-electron chi connectivity index (χ0n) is 14.2. The smallest absolute Gasteiger partial charge is 0.317 e. The average Bonchev–Trinajstić information content (AvgIpc) is 2.89. The maximum atomic E-state index is 12.5. The van der Waals surface area contributed by atoms with E-state index in [2.05, 4.69) is 10.3 Å². The van der Waals surface area contributed by atoms with Gasteiger partial charge >= 0.3 is 12.0 Å². The molecule has 1 aliphatic heterocycles. The molecule has 1 aliphatic rings. The number of hydrogen-bond acceptors (Lipinski definition) is 3. The number of urea groups is 1. The molecule has 0 spiro atoms. The molecule has 1 saturated heterocycles. The fraction of sp³-hybridized carbons (Fsp3) is 0.588. The van der Waals surface area contributed by atoms with Gasteiger partial charge in [0.2, 0.25) is 0 Å². The Kier molecular flexibility index (Phi) is 4.92. The lowest BCUT2D eigenvalue weighted by Crippen LogP contribution is -2.43. The highest BCUT2D eigenvalue weighted by Gasteiger charge is 2.42. The van der Waals surface area contributed by atoms with Crippen molar-refractivity contribution in [1.82, 2.24) is 15.2 Å². The van der Waals surface area contributed by atoms with Crippen molar-refractivity contribution < 1.29 is 14.7 Å². The molecule has 2 heterocycles. The Morgan fingerprint density at radius 3 is 2.65 bits per heavy atom. The largest absolute Gasteiger partial charge is 0.481 e. The lowest BCUT2D eigenvalue weighted by Gasteiger charge is -2.27. The number of rotatable bonds is 4. The van der Waals surface area contributed by atoms with Gasteiger partial charge in [-0.05, 0) is 37.8 Å². The molecule has 0 saturated carbocycles. The molecule has 2 rings (SSSR count). The second kappa shape index (κ2) is 6.56. The van der Waals surface area contributed by atoms with Gasteiger partial charge in [0.05, 0.1) is 17.2 Å². The Labute approximate surface area is 136 Å². The van der Waals surface area contributed by atoms with Crippen LogP contribution in [0.3, 0.4) is 0 Å². The molecule has 0 aromatic carbocycles. The summed E-state index contributed by atoms with van der Waals surface area (Å²) in [7, 11) is 0. The van der Waals surface area contributed by atoms with E-state index in [4.69, 9.17) is 0 Å². The predicted molar refractivity (Wildman–Crippen MR) is 87.0 cm³/mol. The van der Waals surface area contributed by atoms with Gasteiger partial charge in [-0.2, -0.15) is 0 Å². The predicted octanol–water partition coefficient (Wildman–Crippen LogP) is 2.59. The van der Waals surface area contributed by atoms with Crippen LogP contribution in [0.15, 0.2) is 18.3 Å². The summed E-state index contributed by atoms with van der Waals surface area (Å²) in [6.07, 6.45) is 2.20. The third-order valence-corrected chi connectivity index (χ3v) is 4.57. The van der Waals surface area contributed by atoms with Crippen molar-refractivity contribution in [2.75, 3.05) is 13.1 Å². The third kappa shape index (κ3) is 3.63. The molecular formula is C17H25N3O3. The minimum atomic E-state index is -0.856. The van der Waals surface area contributed by atoms with Gasteiger partial charge in [-0.3, -0.25) is 9.78 Å². The fourth-order valence-corrected chi connectivity index (χ4v) is 2.91. The minimum Gasteiger partial charge on any atom is -0.481 e. The van der Waals surface area contributed by atoms with Crippen molar-refractivity contribution >= 4 is 12.0 Å². The van der Waals surface area contributed by atoms with E-state index in [1.807, 2.05) is 32.9 Å². The maximum Gasteiger partial charge on any atom is 0.317 e. The number of aliphatic carboxylic acids is 1. The van der Waals surface area contributed by atoms with Gasteiger partial charge in [-0.25, -0.2) is 4.79 Å². The number of carboxylic acid groups (broad SMARTS) is 1. The lowest BCUT2D eigenvalue weighted by atomic mass is 9.90. The summed E-state index contributed by atoms with van der Waals surface area (Å²) in [5, 5.41) is 12.3. The molecule has 2 amide bonds. The van der Waals surface area contributed by atoms with Crippen LogP contribution >= 0.6 is 0 Å². The molecular weight excluding hydrogens is 294 g/mol. The molecule has 1 aromatic rings. The average molecular weight is 319 g/mol. The first kappa shape index (κ1) is 17.2. The summed E-state index contributed by atoms with van der Waals surface area (Å²) in [6.45, 7) is 8.42. The number of aromatic nitrogens is 1. The second-order valence-corrected chi connectivity index (χ2v) is 6.91. The van der Waals surface area contributed by atoms with E-state index in [9.17, 15) is 14.7 Å². The number of aryl methyl sites for hydroxylation is 1. The van der Waals surface area contributed by atoms with Crippen LogP contribution in [0.25, 0.3) is 0 Å². The van der Waals surface area contributed by atoms with Crippen molar-refractivity contribution in [3.05, 3.63) is 29.6 Å². The second-order valence-electron chi connectivity index (χ2n) is 6.91. The summed E-state index contributed by atoms with van der Waals surface area (Å²) >= 11 is 0. The first-order valence-electron chi connectivity index (χ1n) is 7.95. The summed E-state index contributed by atoms with van der Waals surface area (Å²) in [4.78, 5) is 29.9. The lowest BCUT2D eigenvalue weighted by molar-refractivity contribution is -0.147. The van der Waals surface area contributed by atoms with E-state index >= 15 is 0 Å². The van der Waals surface area contributed by atoms with Gasteiger partial charge in [0, 0.05) is 19.3 Å². The summed E-state index contributed by atoms with van der Waals surface area (Å²) in [5.74, 6) is -0.671. The molecule has 2 unspecified atom stereocenters. The third-order valence-electron chi connectivity index (χ3n) is 4.57. The Balaban J connectivity index is 2.11. The number of pyridine rings is 1. The van der Waals surface area contributed by atoms with Crippen molar-refractivity contribution in [3.63, 3.8) is 0 Å². The number of hydrogen-bond donors (Lipinski definition) is 2. The van der Waals surface area contributed by atoms with Crippen molar-refractivity contribution in [2.45, 2.75) is 40.2 Å². The monoisotopic (exact) mass is 319 g/mol. The van der Waals surface area contributed by atoms with Gasteiger partial charge in [0.25, 0.3) is 0 Å². The van der Waals surface area contributed by atoms with E-state index in [0.29, 0.717) is 13.0 Å². The molecule has 6 nitrogen and oxygen atoms in total. The van der Waals surface area contributed by atoms with E-state index in [1.54, 1.807) is 18.0 Å². The van der Waals surface area contributed by atoms with Crippen LogP contribution < -0.4 is 5.32 Å². The van der Waals surface area contributed by atoms with E-state index in [0.717, 1.165) is 11.3 Å². The Bertz CT molecular complexity index is 603. The molecule has 0 bridgehead atoms. The van der Waals surface area contributed by atoms with Gasteiger partial charge in [-0.1, -0.05) is 19.9 Å². The zero-order valence-corrected chi connectivity index (χ0v) is 14.2. The van der Waals surface area contributed by atoms with Crippen LogP contribution in [-0.2, 0) is 4.79 Å². The number of carboxylic acids is 1. The highest BCUT2D eigenvalue weighted by atomic mass is 16.4. The Morgan fingerprint density at radius 2 is 2.13 bits per heavy atom. The number of likely N-dealkylation sites (tertiary alicyclic amines) is 1. The Hall–Kier alpha value is -2.11. The topological polar surface area (TPSA) is 82.5 Å².